The molecule has 4 heteroatoms. The maximum Gasteiger partial charge on any atom is 0.319 e. The lowest BCUT2D eigenvalue weighted by Crippen LogP contribution is -2.31. The van der Waals surface area contributed by atoms with Gasteiger partial charge in [-0.2, -0.15) is 0 Å². The largest absolute Gasteiger partial charge is 0.508 e. The molecule has 3 N–H and O–H groups in total. The third kappa shape index (κ3) is 3.74. The lowest BCUT2D eigenvalue weighted by atomic mass is 10.1. The van der Waals surface area contributed by atoms with Crippen molar-refractivity contribution in [2.75, 3.05) is 5.32 Å². The minimum absolute atomic E-state index is 0.0847. The van der Waals surface area contributed by atoms with Gasteiger partial charge in [0.05, 0.1) is 6.04 Å². The van der Waals surface area contributed by atoms with E-state index in [1.54, 1.807) is 18.2 Å². The van der Waals surface area contributed by atoms with Crippen LogP contribution >= 0.6 is 0 Å². The van der Waals surface area contributed by atoms with Crippen molar-refractivity contribution < 1.29 is 9.90 Å². The molecule has 0 saturated carbocycles. The maximum atomic E-state index is 11.8. The van der Waals surface area contributed by atoms with E-state index in [9.17, 15) is 9.90 Å². The number of hydrogen-bond donors (Lipinski definition) is 3. The van der Waals surface area contributed by atoms with Crippen molar-refractivity contribution in [1.29, 1.82) is 0 Å². The number of anilines is 1. The van der Waals surface area contributed by atoms with Crippen molar-refractivity contribution in [3.05, 3.63) is 60.2 Å². The third-order valence-electron chi connectivity index (χ3n) is 2.75. The zero-order chi connectivity index (χ0) is 13.7. The smallest absolute Gasteiger partial charge is 0.319 e. The summed E-state index contributed by atoms with van der Waals surface area (Å²) in [5.41, 5.74) is 1.59. The molecular weight excluding hydrogens is 240 g/mol. The first-order chi connectivity index (χ1) is 9.15. The molecule has 0 bridgehead atoms. The number of urea groups is 1. The predicted molar refractivity (Wildman–Crippen MR) is 75.1 cm³/mol. The Hall–Kier alpha value is -2.49. The van der Waals surface area contributed by atoms with E-state index in [-0.39, 0.29) is 17.8 Å². The van der Waals surface area contributed by atoms with Gasteiger partial charge in [-0.05, 0) is 24.6 Å². The van der Waals surface area contributed by atoms with E-state index < -0.39 is 0 Å². The lowest BCUT2D eigenvalue weighted by molar-refractivity contribution is 0.249. The molecule has 1 unspecified atom stereocenters. The second kappa shape index (κ2) is 5.91. The Bertz CT molecular complexity index is 555. The van der Waals surface area contributed by atoms with Crippen LogP contribution in [0.4, 0.5) is 10.5 Å². The number of nitrogens with one attached hydrogen (secondary N) is 2. The van der Waals surface area contributed by atoms with Gasteiger partial charge in [0.2, 0.25) is 0 Å². The van der Waals surface area contributed by atoms with Crippen LogP contribution in [0, 0.1) is 0 Å². The Morgan fingerprint density at radius 1 is 1.11 bits per heavy atom. The molecule has 0 heterocycles. The van der Waals surface area contributed by atoms with E-state index in [1.807, 2.05) is 37.3 Å². The molecule has 1 atom stereocenters. The number of carbonyl (C=O) groups is 1. The number of amides is 2. The van der Waals surface area contributed by atoms with Crippen molar-refractivity contribution in [2.24, 2.45) is 0 Å². The molecule has 2 amide bonds. The summed E-state index contributed by atoms with van der Waals surface area (Å²) in [6.07, 6.45) is 0. The summed E-state index contributed by atoms with van der Waals surface area (Å²) < 4.78 is 0. The maximum absolute atomic E-state index is 11.8. The Labute approximate surface area is 112 Å². The van der Waals surface area contributed by atoms with Crippen LogP contribution in [-0.4, -0.2) is 11.1 Å². The molecular formula is C15H16N2O2. The molecule has 2 aromatic rings. The van der Waals surface area contributed by atoms with Gasteiger partial charge in [-0.25, -0.2) is 4.79 Å². The fraction of sp³-hybridized carbons (Fsp3) is 0.133. The molecule has 0 aliphatic carbocycles. The van der Waals surface area contributed by atoms with Gasteiger partial charge in [0.25, 0.3) is 0 Å². The van der Waals surface area contributed by atoms with Gasteiger partial charge >= 0.3 is 6.03 Å². The van der Waals surface area contributed by atoms with Gasteiger partial charge in [-0.1, -0.05) is 36.4 Å². The third-order valence-corrected chi connectivity index (χ3v) is 2.75. The summed E-state index contributed by atoms with van der Waals surface area (Å²) in [5.74, 6) is 0.119. The topological polar surface area (TPSA) is 61.4 Å². The molecule has 0 fully saturated rings. The van der Waals surface area contributed by atoms with Crippen LogP contribution in [-0.2, 0) is 0 Å². The molecule has 0 saturated heterocycles. The Morgan fingerprint density at radius 2 is 1.84 bits per heavy atom. The summed E-state index contributed by atoms with van der Waals surface area (Å²) in [6, 6.07) is 15.8. The zero-order valence-electron chi connectivity index (χ0n) is 10.6. The van der Waals surface area contributed by atoms with Gasteiger partial charge in [0.15, 0.2) is 0 Å². The minimum atomic E-state index is -0.304. The number of phenolic OH excluding ortho intramolecular Hbond substituents is 1. The normalized spacial score (nSPS) is 11.6. The highest BCUT2D eigenvalue weighted by molar-refractivity contribution is 5.89. The first-order valence-electron chi connectivity index (χ1n) is 6.06. The van der Waals surface area contributed by atoms with Crippen molar-refractivity contribution >= 4 is 11.7 Å². The van der Waals surface area contributed by atoms with Crippen molar-refractivity contribution in [2.45, 2.75) is 13.0 Å². The first-order valence-corrected chi connectivity index (χ1v) is 6.06. The second-order valence-corrected chi connectivity index (χ2v) is 4.28. The highest BCUT2D eigenvalue weighted by Gasteiger charge is 2.09. The summed E-state index contributed by atoms with van der Waals surface area (Å²) in [7, 11) is 0. The molecule has 0 aliphatic rings. The average molecular weight is 256 g/mol. The average Bonchev–Trinajstić information content (AvgIpc) is 2.39. The van der Waals surface area contributed by atoms with Crippen LogP contribution in [0.25, 0.3) is 0 Å². The van der Waals surface area contributed by atoms with Crippen LogP contribution in [0.1, 0.15) is 18.5 Å². The van der Waals surface area contributed by atoms with Crippen LogP contribution in [0.2, 0.25) is 0 Å². The number of aromatic hydroxyl groups is 1. The SMILES string of the molecule is CC(NC(=O)Nc1cccc(O)c1)c1ccccc1. The molecule has 2 aromatic carbocycles. The van der Waals surface area contributed by atoms with E-state index >= 15 is 0 Å². The quantitative estimate of drug-likeness (QED) is 0.789. The second-order valence-electron chi connectivity index (χ2n) is 4.28. The van der Waals surface area contributed by atoms with Crippen LogP contribution in [0.15, 0.2) is 54.6 Å². The van der Waals surface area contributed by atoms with E-state index in [0.717, 1.165) is 5.56 Å². The van der Waals surface area contributed by atoms with E-state index in [4.69, 9.17) is 0 Å². The zero-order valence-corrected chi connectivity index (χ0v) is 10.6. The molecule has 2 rings (SSSR count). The van der Waals surface area contributed by atoms with Crippen LogP contribution in [0.5, 0.6) is 5.75 Å². The van der Waals surface area contributed by atoms with E-state index in [0.29, 0.717) is 5.69 Å². The Kier molecular flexibility index (Phi) is 4.03. The standard InChI is InChI=1S/C15H16N2O2/c1-11(12-6-3-2-4-7-12)16-15(19)17-13-8-5-9-14(18)10-13/h2-11,18H,1H3,(H2,16,17,19). The number of benzene rings is 2. The molecule has 0 aliphatic heterocycles. The summed E-state index contributed by atoms with van der Waals surface area (Å²) in [5, 5.41) is 14.8. The lowest BCUT2D eigenvalue weighted by Gasteiger charge is -2.15. The number of phenols is 1. The van der Waals surface area contributed by atoms with Gasteiger partial charge < -0.3 is 15.7 Å². The van der Waals surface area contributed by atoms with Gasteiger partial charge in [0.1, 0.15) is 5.75 Å². The van der Waals surface area contributed by atoms with Crippen LogP contribution in [0.3, 0.4) is 0 Å². The van der Waals surface area contributed by atoms with Crippen LogP contribution < -0.4 is 10.6 Å². The van der Waals surface area contributed by atoms with Crippen molar-refractivity contribution in [1.82, 2.24) is 5.32 Å². The predicted octanol–water partition coefficient (Wildman–Crippen LogP) is 3.27. The summed E-state index contributed by atoms with van der Waals surface area (Å²) in [4.78, 5) is 11.8. The fourth-order valence-corrected chi connectivity index (χ4v) is 1.77. The monoisotopic (exact) mass is 256 g/mol. The Balaban J connectivity index is 1.95. The summed E-state index contributed by atoms with van der Waals surface area (Å²) >= 11 is 0. The number of hydrogen-bond acceptors (Lipinski definition) is 2. The Morgan fingerprint density at radius 3 is 2.53 bits per heavy atom. The molecule has 98 valence electrons. The number of carbonyl (C=O) groups excluding carboxylic acids is 1. The van der Waals surface area contributed by atoms with E-state index in [2.05, 4.69) is 10.6 Å². The molecule has 0 spiro atoms. The highest BCUT2D eigenvalue weighted by Crippen LogP contribution is 2.16. The van der Waals surface area contributed by atoms with Gasteiger partial charge in [-0.15, -0.1) is 0 Å². The fourth-order valence-electron chi connectivity index (χ4n) is 1.77. The molecule has 0 radical (unpaired) electrons. The summed E-state index contributed by atoms with van der Waals surface area (Å²) in [6.45, 7) is 1.91. The number of rotatable bonds is 3. The van der Waals surface area contributed by atoms with Gasteiger partial charge in [-0.3, -0.25) is 0 Å². The highest BCUT2D eigenvalue weighted by atomic mass is 16.3. The van der Waals surface area contributed by atoms with Crippen molar-refractivity contribution in [3.63, 3.8) is 0 Å². The molecule has 4 nitrogen and oxygen atoms in total. The van der Waals surface area contributed by atoms with E-state index in [1.165, 1.54) is 6.07 Å². The van der Waals surface area contributed by atoms with Gasteiger partial charge in [0, 0.05) is 11.8 Å². The molecule has 0 aromatic heterocycles. The molecule has 19 heavy (non-hydrogen) atoms. The van der Waals surface area contributed by atoms with Crippen molar-refractivity contribution in [3.8, 4) is 5.75 Å². The first kappa shape index (κ1) is 13.0. The minimum Gasteiger partial charge on any atom is -0.508 e.